The molecule has 5 N–H and O–H groups in total. The molecule has 0 aliphatic rings. The molecule has 2 aromatic heterocycles. The fraction of sp³-hybridized carbons (Fsp3) is 0. The maximum Gasteiger partial charge on any atom is 0.153 e. The zero-order valence-electron chi connectivity index (χ0n) is 11.7. The van der Waals surface area contributed by atoms with Gasteiger partial charge in [0.2, 0.25) is 0 Å². The minimum absolute atomic E-state index is 0.513. The smallest absolute Gasteiger partial charge is 0.153 e. The number of hydrogen-bond acceptors (Lipinski definition) is 4. The van der Waals surface area contributed by atoms with Crippen LogP contribution < -0.4 is 11.5 Å². The number of anilines is 2. The van der Waals surface area contributed by atoms with E-state index in [4.69, 9.17) is 11.5 Å². The molecule has 4 nitrogen and oxygen atoms in total. The molecule has 0 bridgehead atoms. The number of benzene rings is 2. The van der Waals surface area contributed by atoms with Gasteiger partial charge < -0.3 is 11.5 Å². The van der Waals surface area contributed by atoms with Gasteiger partial charge in [-0.3, -0.25) is 5.10 Å². The van der Waals surface area contributed by atoms with Crippen LogP contribution in [0.25, 0.3) is 33.2 Å². The molecular formula is C17H14N4S. The van der Waals surface area contributed by atoms with E-state index in [2.05, 4.69) is 39.2 Å². The monoisotopic (exact) mass is 306 g/mol. The van der Waals surface area contributed by atoms with Gasteiger partial charge in [0.05, 0.1) is 10.9 Å². The van der Waals surface area contributed by atoms with E-state index < -0.39 is 0 Å². The van der Waals surface area contributed by atoms with Gasteiger partial charge in [0.15, 0.2) is 5.82 Å². The van der Waals surface area contributed by atoms with Crippen LogP contribution in [0.1, 0.15) is 0 Å². The molecule has 108 valence electrons. The van der Waals surface area contributed by atoms with Crippen molar-refractivity contribution < 1.29 is 0 Å². The van der Waals surface area contributed by atoms with Crippen molar-refractivity contribution in [3.05, 3.63) is 53.2 Å². The van der Waals surface area contributed by atoms with Crippen LogP contribution in [0.5, 0.6) is 0 Å². The van der Waals surface area contributed by atoms with Crippen molar-refractivity contribution in [2.24, 2.45) is 0 Å². The van der Waals surface area contributed by atoms with Crippen LogP contribution in [0.15, 0.2) is 53.2 Å². The van der Waals surface area contributed by atoms with Crippen LogP contribution in [-0.2, 0) is 0 Å². The van der Waals surface area contributed by atoms with E-state index in [0.717, 1.165) is 33.3 Å². The first-order chi connectivity index (χ1) is 10.7. The maximum atomic E-state index is 6.10. The summed E-state index contributed by atoms with van der Waals surface area (Å²) in [5.41, 5.74) is 18.0. The molecule has 0 unspecified atom stereocenters. The molecule has 0 saturated carbocycles. The van der Waals surface area contributed by atoms with Gasteiger partial charge in [-0.2, -0.15) is 16.4 Å². The van der Waals surface area contributed by atoms with E-state index >= 15 is 0 Å². The van der Waals surface area contributed by atoms with Gasteiger partial charge >= 0.3 is 0 Å². The van der Waals surface area contributed by atoms with Crippen LogP contribution in [0, 0.1) is 0 Å². The second-order valence-corrected chi connectivity index (χ2v) is 5.93. The Labute approximate surface area is 131 Å². The number of rotatable bonds is 2. The van der Waals surface area contributed by atoms with E-state index in [9.17, 15) is 0 Å². The Hall–Kier alpha value is -2.79. The van der Waals surface area contributed by atoms with Crippen molar-refractivity contribution in [3.8, 4) is 22.3 Å². The highest BCUT2D eigenvalue weighted by atomic mass is 32.1. The summed E-state index contributed by atoms with van der Waals surface area (Å²) >= 11 is 1.67. The number of aromatic nitrogens is 2. The molecule has 0 radical (unpaired) electrons. The molecule has 0 aliphatic carbocycles. The van der Waals surface area contributed by atoms with Crippen molar-refractivity contribution in [3.63, 3.8) is 0 Å². The average Bonchev–Trinajstić information content (AvgIpc) is 3.18. The lowest BCUT2D eigenvalue weighted by molar-refractivity contribution is 1.13. The minimum Gasteiger partial charge on any atom is -0.399 e. The van der Waals surface area contributed by atoms with Gasteiger partial charge in [-0.1, -0.05) is 24.3 Å². The minimum atomic E-state index is 0.513. The van der Waals surface area contributed by atoms with Gasteiger partial charge in [-0.15, -0.1) is 0 Å². The zero-order chi connectivity index (χ0) is 15.1. The molecule has 0 atom stereocenters. The quantitative estimate of drug-likeness (QED) is 0.487. The molecule has 4 aromatic rings. The van der Waals surface area contributed by atoms with Crippen molar-refractivity contribution in [1.82, 2.24) is 10.2 Å². The van der Waals surface area contributed by atoms with E-state index in [1.54, 1.807) is 11.3 Å². The fourth-order valence-electron chi connectivity index (χ4n) is 2.72. The van der Waals surface area contributed by atoms with Gasteiger partial charge in [-0.05, 0) is 45.6 Å². The molecule has 0 aliphatic heterocycles. The number of H-pyrrole nitrogens is 1. The first-order valence-corrected chi connectivity index (χ1v) is 7.83. The van der Waals surface area contributed by atoms with E-state index in [0.29, 0.717) is 5.82 Å². The third-order valence-electron chi connectivity index (χ3n) is 3.80. The summed E-state index contributed by atoms with van der Waals surface area (Å²) in [5, 5.41) is 12.4. The Balaban J connectivity index is 2.00. The lowest BCUT2D eigenvalue weighted by atomic mass is 9.96. The van der Waals surface area contributed by atoms with E-state index in [-0.39, 0.29) is 0 Å². The van der Waals surface area contributed by atoms with E-state index in [1.807, 2.05) is 24.3 Å². The van der Waals surface area contributed by atoms with Gasteiger partial charge in [-0.25, -0.2) is 0 Å². The number of nitrogens with zero attached hydrogens (tertiary/aromatic N) is 1. The van der Waals surface area contributed by atoms with Crippen LogP contribution in [0.3, 0.4) is 0 Å². The predicted molar refractivity (Wildman–Crippen MR) is 93.7 cm³/mol. The number of fused-ring (bicyclic) bond motifs is 1. The number of nitrogens with two attached hydrogens (primary N) is 2. The third kappa shape index (κ3) is 1.95. The Morgan fingerprint density at radius 3 is 2.36 bits per heavy atom. The molecule has 4 rings (SSSR count). The van der Waals surface area contributed by atoms with Crippen LogP contribution in [-0.4, -0.2) is 10.2 Å². The fourth-order valence-corrected chi connectivity index (χ4v) is 3.37. The third-order valence-corrected chi connectivity index (χ3v) is 4.49. The molecule has 0 spiro atoms. The highest BCUT2D eigenvalue weighted by Crippen LogP contribution is 2.37. The number of thiophene rings is 1. The Morgan fingerprint density at radius 2 is 1.64 bits per heavy atom. The number of aromatic amines is 1. The summed E-state index contributed by atoms with van der Waals surface area (Å²) in [4.78, 5) is 0. The first kappa shape index (κ1) is 12.9. The number of hydrogen-bond donors (Lipinski definition) is 3. The Kier molecular flexibility index (Phi) is 2.87. The van der Waals surface area contributed by atoms with Crippen LogP contribution >= 0.6 is 11.3 Å². The summed E-state index contributed by atoms with van der Waals surface area (Å²) < 4.78 is 0. The van der Waals surface area contributed by atoms with Crippen LogP contribution in [0.2, 0.25) is 0 Å². The van der Waals surface area contributed by atoms with Crippen LogP contribution in [0.4, 0.5) is 11.5 Å². The lowest BCUT2D eigenvalue weighted by Gasteiger charge is -2.08. The highest BCUT2D eigenvalue weighted by molar-refractivity contribution is 7.08. The molecule has 0 amide bonds. The maximum absolute atomic E-state index is 6.10. The predicted octanol–water partition coefficient (Wildman–Crippen LogP) is 4.12. The SMILES string of the molecule is Nc1ccc(-c2ccc(-c3ccsc3)c3[nH]nc(N)c23)cc1. The molecule has 2 aromatic carbocycles. The average molecular weight is 306 g/mol. The van der Waals surface area contributed by atoms with E-state index in [1.165, 1.54) is 5.56 Å². The number of nitrogens with one attached hydrogen (secondary N) is 1. The summed E-state index contributed by atoms with van der Waals surface area (Å²) in [5.74, 6) is 0.513. The van der Waals surface area contributed by atoms with Crippen molar-refractivity contribution >= 4 is 33.7 Å². The highest BCUT2D eigenvalue weighted by Gasteiger charge is 2.14. The molecule has 22 heavy (non-hydrogen) atoms. The molecule has 0 saturated heterocycles. The van der Waals surface area contributed by atoms with Crippen molar-refractivity contribution in [1.29, 1.82) is 0 Å². The second-order valence-electron chi connectivity index (χ2n) is 5.15. The molecule has 0 fully saturated rings. The molecule has 2 heterocycles. The summed E-state index contributed by atoms with van der Waals surface area (Å²) in [6, 6.07) is 14.1. The topological polar surface area (TPSA) is 80.7 Å². The summed E-state index contributed by atoms with van der Waals surface area (Å²) in [6.45, 7) is 0. The summed E-state index contributed by atoms with van der Waals surface area (Å²) in [7, 11) is 0. The van der Waals surface area contributed by atoms with Gasteiger partial charge in [0.1, 0.15) is 0 Å². The van der Waals surface area contributed by atoms with Crippen molar-refractivity contribution in [2.45, 2.75) is 0 Å². The van der Waals surface area contributed by atoms with Crippen molar-refractivity contribution in [2.75, 3.05) is 11.5 Å². The zero-order valence-corrected chi connectivity index (χ0v) is 12.5. The standard InChI is InChI=1S/C17H14N4S/c18-12-3-1-10(2-4-12)13-5-6-14(11-7-8-22-9-11)16-15(13)17(19)21-20-16/h1-9H,18H2,(H3,19,20,21). The summed E-state index contributed by atoms with van der Waals surface area (Å²) in [6.07, 6.45) is 0. The lowest BCUT2D eigenvalue weighted by Crippen LogP contribution is -1.89. The largest absolute Gasteiger partial charge is 0.399 e. The first-order valence-electron chi connectivity index (χ1n) is 6.89. The molecular weight excluding hydrogens is 292 g/mol. The second kappa shape index (κ2) is 4.89. The Bertz CT molecular complexity index is 937. The van der Waals surface area contributed by atoms with Gasteiger partial charge in [0.25, 0.3) is 0 Å². The Morgan fingerprint density at radius 1 is 0.864 bits per heavy atom. The normalized spacial score (nSPS) is 11.1. The number of nitrogen functional groups attached to an aromatic ring is 2. The molecule has 5 heteroatoms. The van der Waals surface area contributed by atoms with Gasteiger partial charge in [0, 0.05) is 11.3 Å².